The molecular weight excluding hydrogens is 381 g/mol. The van der Waals surface area contributed by atoms with Crippen LogP contribution in [-0.4, -0.2) is 32.8 Å². The van der Waals surface area contributed by atoms with Crippen LogP contribution in [0.5, 0.6) is 0 Å². The molecule has 5 nitrogen and oxygen atoms in total. The molecule has 1 aliphatic heterocycles. The highest BCUT2D eigenvalue weighted by atomic mass is 19.4. The van der Waals surface area contributed by atoms with E-state index in [0.717, 1.165) is 6.07 Å². The van der Waals surface area contributed by atoms with E-state index in [1.807, 2.05) is 4.90 Å². The summed E-state index contributed by atoms with van der Waals surface area (Å²) >= 11 is 0. The third-order valence-electron chi connectivity index (χ3n) is 4.76. The Balaban J connectivity index is 1.67. The topological polar surface area (TPSA) is 46.8 Å². The predicted octanol–water partition coefficient (Wildman–Crippen LogP) is 4.62. The fourth-order valence-corrected chi connectivity index (χ4v) is 3.47. The average Bonchev–Trinajstić information content (AvgIpc) is 3.18. The second-order valence-corrected chi connectivity index (χ2v) is 6.64. The van der Waals surface area contributed by atoms with Gasteiger partial charge in [-0.1, -0.05) is 12.1 Å². The van der Waals surface area contributed by atoms with Gasteiger partial charge in [0, 0.05) is 24.7 Å². The van der Waals surface area contributed by atoms with Crippen molar-refractivity contribution in [3.05, 3.63) is 48.0 Å². The summed E-state index contributed by atoms with van der Waals surface area (Å²) in [6.45, 7) is 0.885. The molecule has 2 aromatic heterocycles. The highest BCUT2D eigenvalue weighted by Gasteiger charge is 2.35. The number of fused-ring (bicyclic) bond motifs is 1. The Hall–Kier alpha value is -2.78. The Morgan fingerprint density at radius 1 is 1.07 bits per heavy atom. The molecule has 3 aromatic rings. The SMILES string of the molecule is FC(F)c1nc(N2CCCC(n3ccc(C(F)(F)F)n3)C2)c2ccccc2n1. The maximum Gasteiger partial charge on any atom is 0.435 e. The van der Waals surface area contributed by atoms with Crippen molar-refractivity contribution in [3.8, 4) is 0 Å². The first-order valence-electron chi connectivity index (χ1n) is 8.75. The molecule has 0 aliphatic carbocycles. The number of anilines is 1. The van der Waals surface area contributed by atoms with E-state index in [4.69, 9.17) is 0 Å². The standard InChI is InChI=1S/C18H16F5N5/c19-15(20)16-24-13-6-2-1-5-12(13)17(25-16)27-8-3-4-11(10-27)28-9-7-14(26-28)18(21,22)23/h1-2,5-7,9,11,15H,3-4,8,10H2. The molecule has 0 amide bonds. The molecule has 1 aliphatic rings. The van der Waals surface area contributed by atoms with Crippen molar-refractivity contribution in [1.29, 1.82) is 0 Å². The van der Waals surface area contributed by atoms with Gasteiger partial charge in [-0.15, -0.1) is 0 Å². The fourth-order valence-electron chi connectivity index (χ4n) is 3.47. The molecule has 0 bridgehead atoms. The van der Waals surface area contributed by atoms with Gasteiger partial charge >= 0.3 is 6.18 Å². The van der Waals surface area contributed by atoms with E-state index in [1.54, 1.807) is 24.3 Å². The van der Waals surface area contributed by atoms with Gasteiger partial charge in [0.25, 0.3) is 6.43 Å². The monoisotopic (exact) mass is 397 g/mol. The van der Waals surface area contributed by atoms with Crippen LogP contribution in [-0.2, 0) is 6.18 Å². The summed E-state index contributed by atoms with van der Waals surface area (Å²) in [5.74, 6) is -0.192. The number of aromatic nitrogens is 4. The number of benzene rings is 1. The molecule has 1 unspecified atom stereocenters. The molecule has 28 heavy (non-hydrogen) atoms. The fraction of sp³-hybridized carbons (Fsp3) is 0.389. The lowest BCUT2D eigenvalue weighted by atomic mass is 10.1. The quantitative estimate of drug-likeness (QED) is 0.605. The number of hydrogen-bond acceptors (Lipinski definition) is 4. The molecule has 10 heteroatoms. The van der Waals surface area contributed by atoms with Gasteiger partial charge in [-0.25, -0.2) is 18.7 Å². The van der Waals surface area contributed by atoms with Gasteiger partial charge in [-0.2, -0.15) is 18.3 Å². The van der Waals surface area contributed by atoms with E-state index in [2.05, 4.69) is 15.1 Å². The zero-order chi connectivity index (χ0) is 19.9. The van der Waals surface area contributed by atoms with E-state index in [9.17, 15) is 22.0 Å². The molecule has 1 atom stereocenters. The number of halogens is 5. The average molecular weight is 397 g/mol. The summed E-state index contributed by atoms with van der Waals surface area (Å²) in [6.07, 6.45) is -4.70. The first-order chi connectivity index (χ1) is 13.3. The summed E-state index contributed by atoms with van der Waals surface area (Å²) in [5, 5.41) is 4.28. The maximum absolute atomic E-state index is 13.2. The summed E-state index contributed by atoms with van der Waals surface area (Å²) in [4.78, 5) is 9.78. The highest BCUT2D eigenvalue weighted by Crippen LogP contribution is 2.33. The molecule has 1 saturated heterocycles. The van der Waals surface area contributed by atoms with Crippen molar-refractivity contribution in [3.63, 3.8) is 0 Å². The number of para-hydroxylation sites is 1. The smallest absolute Gasteiger partial charge is 0.354 e. The summed E-state index contributed by atoms with van der Waals surface area (Å²) < 4.78 is 66.3. The largest absolute Gasteiger partial charge is 0.435 e. The molecule has 0 N–H and O–H groups in total. The molecule has 4 rings (SSSR count). The van der Waals surface area contributed by atoms with Crippen LogP contribution in [0.3, 0.4) is 0 Å². The molecule has 3 heterocycles. The maximum atomic E-state index is 13.2. The van der Waals surface area contributed by atoms with Crippen LogP contribution in [0.1, 0.15) is 36.8 Å². The minimum atomic E-state index is -4.51. The first kappa shape index (κ1) is 18.6. The van der Waals surface area contributed by atoms with Gasteiger partial charge in [0.05, 0.1) is 11.6 Å². The lowest BCUT2D eigenvalue weighted by molar-refractivity contribution is -0.141. The van der Waals surface area contributed by atoms with Gasteiger partial charge in [-0.05, 0) is 31.0 Å². The number of hydrogen-bond donors (Lipinski definition) is 0. The van der Waals surface area contributed by atoms with Crippen molar-refractivity contribution in [2.75, 3.05) is 18.0 Å². The minimum absolute atomic E-state index is 0.312. The van der Waals surface area contributed by atoms with E-state index in [1.165, 1.54) is 10.9 Å². The molecular formula is C18H16F5N5. The molecule has 148 valence electrons. The van der Waals surface area contributed by atoms with E-state index >= 15 is 0 Å². The Kier molecular flexibility index (Phi) is 4.64. The summed E-state index contributed by atoms with van der Waals surface area (Å²) in [5.41, 5.74) is -0.541. The second-order valence-electron chi connectivity index (χ2n) is 6.64. The lowest BCUT2D eigenvalue weighted by Crippen LogP contribution is -2.37. The van der Waals surface area contributed by atoms with Gasteiger partial charge < -0.3 is 4.90 Å². The Labute approximate surface area is 156 Å². The van der Waals surface area contributed by atoms with Crippen LogP contribution in [0, 0.1) is 0 Å². The lowest BCUT2D eigenvalue weighted by Gasteiger charge is -2.34. The van der Waals surface area contributed by atoms with Crippen molar-refractivity contribution in [2.24, 2.45) is 0 Å². The van der Waals surface area contributed by atoms with E-state index in [-0.39, 0.29) is 6.04 Å². The number of alkyl halides is 5. The van der Waals surface area contributed by atoms with Crippen LogP contribution >= 0.6 is 0 Å². The molecule has 0 radical (unpaired) electrons. The Bertz CT molecular complexity index is 984. The van der Waals surface area contributed by atoms with Crippen molar-refractivity contribution in [1.82, 2.24) is 19.7 Å². The second kappa shape index (κ2) is 6.99. The van der Waals surface area contributed by atoms with Gasteiger partial charge in [0.15, 0.2) is 11.5 Å². The molecule has 1 fully saturated rings. The predicted molar refractivity (Wildman–Crippen MR) is 92.2 cm³/mol. The van der Waals surface area contributed by atoms with Crippen LogP contribution in [0.15, 0.2) is 36.5 Å². The van der Waals surface area contributed by atoms with Crippen LogP contribution in [0.2, 0.25) is 0 Å². The number of nitrogens with zero attached hydrogens (tertiary/aromatic N) is 5. The minimum Gasteiger partial charge on any atom is -0.354 e. The van der Waals surface area contributed by atoms with Crippen molar-refractivity contribution < 1.29 is 22.0 Å². The third-order valence-corrected chi connectivity index (χ3v) is 4.76. The van der Waals surface area contributed by atoms with Crippen molar-refractivity contribution >= 4 is 16.7 Å². The van der Waals surface area contributed by atoms with E-state index in [0.29, 0.717) is 42.7 Å². The molecule has 0 spiro atoms. The van der Waals surface area contributed by atoms with Crippen molar-refractivity contribution in [2.45, 2.75) is 31.5 Å². The van der Waals surface area contributed by atoms with Gasteiger partial charge in [-0.3, -0.25) is 4.68 Å². The van der Waals surface area contributed by atoms with Crippen LogP contribution in [0.4, 0.5) is 27.8 Å². The Morgan fingerprint density at radius 3 is 2.57 bits per heavy atom. The molecule has 1 aromatic carbocycles. The molecule has 0 saturated carbocycles. The first-order valence-corrected chi connectivity index (χ1v) is 8.75. The number of rotatable bonds is 3. The van der Waals surface area contributed by atoms with E-state index < -0.39 is 24.1 Å². The summed E-state index contributed by atoms with van der Waals surface area (Å²) in [7, 11) is 0. The van der Waals surface area contributed by atoms with Gasteiger partial charge in [0.1, 0.15) is 5.82 Å². The van der Waals surface area contributed by atoms with Crippen LogP contribution < -0.4 is 4.90 Å². The number of piperidine rings is 1. The Morgan fingerprint density at radius 2 is 1.86 bits per heavy atom. The summed E-state index contributed by atoms with van der Waals surface area (Å²) in [6, 6.07) is 7.48. The normalized spacial score (nSPS) is 18.2. The highest BCUT2D eigenvalue weighted by molar-refractivity contribution is 5.89. The zero-order valence-electron chi connectivity index (χ0n) is 14.6. The zero-order valence-corrected chi connectivity index (χ0v) is 14.6. The third kappa shape index (κ3) is 3.50. The van der Waals surface area contributed by atoms with Gasteiger partial charge in [0.2, 0.25) is 0 Å². The van der Waals surface area contributed by atoms with Crippen LogP contribution in [0.25, 0.3) is 10.9 Å².